The van der Waals surface area contributed by atoms with E-state index in [4.69, 9.17) is 9.47 Å². The van der Waals surface area contributed by atoms with E-state index in [9.17, 15) is 4.79 Å². The molecule has 1 aromatic heterocycles. The molecule has 0 bridgehead atoms. The summed E-state index contributed by atoms with van der Waals surface area (Å²) < 4.78 is 10.7. The number of likely N-dealkylation sites (N-methyl/N-ethyl adjacent to an activating group) is 1. The average molecular weight is 359 g/mol. The molecule has 0 aliphatic heterocycles. The van der Waals surface area contributed by atoms with E-state index in [1.54, 1.807) is 24.5 Å². The first kappa shape index (κ1) is 19.1. The molecular formula is C20H25NO3S. The Morgan fingerprint density at radius 2 is 2.00 bits per heavy atom. The lowest BCUT2D eigenvalue weighted by atomic mass is 9.89. The fraction of sp³-hybridized carbons (Fsp3) is 0.350. The van der Waals surface area contributed by atoms with Gasteiger partial charge in [-0.2, -0.15) is 0 Å². The van der Waals surface area contributed by atoms with Gasteiger partial charge in [-0.25, -0.2) is 4.79 Å². The maximum Gasteiger partial charge on any atom is 0.337 e. The minimum absolute atomic E-state index is 0.255. The van der Waals surface area contributed by atoms with Gasteiger partial charge in [-0.1, -0.05) is 12.1 Å². The Kier molecular flexibility index (Phi) is 6.65. The highest BCUT2D eigenvalue weighted by molar-refractivity contribution is 7.10. The fourth-order valence-electron chi connectivity index (χ4n) is 3.05. The third kappa shape index (κ3) is 3.71. The number of nitrogens with zero attached hydrogens (tertiary/aromatic N) is 1. The van der Waals surface area contributed by atoms with Crippen LogP contribution in [0, 0.1) is 0 Å². The van der Waals surface area contributed by atoms with Crippen LogP contribution in [0.3, 0.4) is 0 Å². The Labute approximate surface area is 153 Å². The summed E-state index contributed by atoms with van der Waals surface area (Å²) in [5.74, 6) is 0.524. The fourth-order valence-corrected chi connectivity index (χ4v) is 3.98. The van der Waals surface area contributed by atoms with E-state index in [0.717, 1.165) is 16.3 Å². The maximum atomic E-state index is 13.1. The molecule has 1 heterocycles. The maximum absolute atomic E-state index is 13.1. The van der Waals surface area contributed by atoms with Crippen molar-refractivity contribution < 1.29 is 14.3 Å². The van der Waals surface area contributed by atoms with E-state index in [1.807, 2.05) is 55.6 Å². The molecule has 1 unspecified atom stereocenters. The van der Waals surface area contributed by atoms with Crippen molar-refractivity contribution in [3.63, 3.8) is 0 Å². The van der Waals surface area contributed by atoms with Gasteiger partial charge in [0.2, 0.25) is 0 Å². The number of ether oxygens (including phenoxy) is 2. The summed E-state index contributed by atoms with van der Waals surface area (Å²) in [6.45, 7) is 8.74. The first-order valence-corrected chi connectivity index (χ1v) is 9.25. The molecule has 134 valence electrons. The van der Waals surface area contributed by atoms with Crippen LogP contribution in [0.5, 0.6) is 5.75 Å². The van der Waals surface area contributed by atoms with Gasteiger partial charge in [0.25, 0.3) is 0 Å². The number of esters is 1. The summed E-state index contributed by atoms with van der Waals surface area (Å²) in [6, 6.07) is 11.7. The molecule has 25 heavy (non-hydrogen) atoms. The van der Waals surface area contributed by atoms with E-state index >= 15 is 0 Å². The van der Waals surface area contributed by atoms with Crippen LogP contribution in [0.15, 0.2) is 54.4 Å². The minimum atomic E-state index is -0.921. The monoisotopic (exact) mass is 359 g/mol. The Morgan fingerprint density at radius 1 is 1.28 bits per heavy atom. The van der Waals surface area contributed by atoms with Gasteiger partial charge in [-0.3, -0.25) is 0 Å². The highest BCUT2D eigenvalue weighted by atomic mass is 32.1. The Bertz CT molecular complexity index is 681. The molecular weight excluding hydrogens is 334 g/mol. The standard InChI is InChI=1S/C20H25NO3S/c1-5-14-20(19(22)24-7-3,18-9-8-15-25-18)21(6-2)16-10-12-17(23-4)13-11-16/h5,8-13,15H,1,6-7,14H2,2-4H3. The van der Waals surface area contributed by atoms with Crippen molar-refractivity contribution in [1.29, 1.82) is 0 Å². The van der Waals surface area contributed by atoms with Gasteiger partial charge >= 0.3 is 5.97 Å². The van der Waals surface area contributed by atoms with Crippen LogP contribution in [-0.2, 0) is 15.1 Å². The average Bonchev–Trinajstić information content (AvgIpc) is 3.17. The summed E-state index contributed by atoms with van der Waals surface area (Å²) in [7, 11) is 1.64. The van der Waals surface area contributed by atoms with Crippen LogP contribution in [-0.4, -0.2) is 26.2 Å². The number of carbonyl (C=O) groups is 1. The molecule has 0 radical (unpaired) electrons. The number of benzene rings is 1. The second-order valence-corrected chi connectivity index (χ2v) is 6.44. The van der Waals surface area contributed by atoms with Gasteiger partial charge in [-0.15, -0.1) is 17.9 Å². The van der Waals surface area contributed by atoms with Gasteiger partial charge in [0.1, 0.15) is 5.75 Å². The second kappa shape index (κ2) is 8.72. The molecule has 0 amide bonds. The zero-order valence-electron chi connectivity index (χ0n) is 15.0. The number of hydrogen-bond acceptors (Lipinski definition) is 5. The van der Waals surface area contributed by atoms with E-state index < -0.39 is 5.54 Å². The van der Waals surface area contributed by atoms with Crippen molar-refractivity contribution in [2.24, 2.45) is 0 Å². The third-order valence-corrected chi connectivity index (χ3v) is 5.16. The van der Waals surface area contributed by atoms with Crippen LogP contribution in [0.2, 0.25) is 0 Å². The van der Waals surface area contributed by atoms with Crippen LogP contribution in [0.25, 0.3) is 0 Å². The number of rotatable bonds is 9. The van der Waals surface area contributed by atoms with E-state index in [2.05, 4.69) is 11.5 Å². The summed E-state index contributed by atoms with van der Waals surface area (Å²) in [5, 5.41) is 1.98. The summed E-state index contributed by atoms with van der Waals surface area (Å²) in [4.78, 5) is 16.1. The summed E-state index contributed by atoms with van der Waals surface area (Å²) >= 11 is 1.56. The van der Waals surface area contributed by atoms with Crippen molar-refractivity contribution in [3.05, 3.63) is 59.3 Å². The number of methoxy groups -OCH3 is 1. The Hall–Kier alpha value is -2.27. The molecule has 0 spiro atoms. The molecule has 2 rings (SSSR count). The lowest BCUT2D eigenvalue weighted by Crippen LogP contribution is -2.52. The minimum Gasteiger partial charge on any atom is -0.497 e. The SMILES string of the molecule is C=CCC(C(=O)OCC)(c1cccs1)N(CC)c1ccc(OC)cc1. The molecule has 0 aliphatic carbocycles. The lowest BCUT2D eigenvalue weighted by molar-refractivity contribution is -0.150. The van der Waals surface area contributed by atoms with Crippen LogP contribution < -0.4 is 9.64 Å². The zero-order chi connectivity index (χ0) is 18.3. The molecule has 0 N–H and O–H groups in total. The molecule has 0 saturated carbocycles. The molecule has 5 heteroatoms. The van der Waals surface area contributed by atoms with Gasteiger partial charge in [0.15, 0.2) is 5.54 Å². The van der Waals surface area contributed by atoms with Gasteiger partial charge in [0, 0.05) is 23.5 Å². The topological polar surface area (TPSA) is 38.8 Å². The zero-order valence-corrected chi connectivity index (χ0v) is 15.8. The number of hydrogen-bond donors (Lipinski definition) is 0. The first-order chi connectivity index (χ1) is 12.1. The lowest BCUT2D eigenvalue weighted by Gasteiger charge is -2.42. The summed E-state index contributed by atoms with van der Waals surface area (Å²) in [6.07, 6.45) is 2.25. The van der Waals surface area contributed by atoms with E-state index in [0.29, 0.717) is 19.6 Å². The van der Waals surface area contributed by atoms with Crippen molar-refractivity contribution in [1.82, 2.24) is 0 Å². The normalized spacial score (nSPS) is 12.9. The van der Waals surface area contributed by atoms with Gasteiger partial charge in [0.05, 0.1) is 13.7 Å². The van der Waals surface area contributed by atoms with Crippen molar-refractivity contribution in [2.45, 2.75) is 25.8 Å². The van der Waals surface area contributed by atoms with E-state index in [1.165, 1.54) is 0 Å². The van der Waals surface area contributed by atoms with Crippen molar-refractivity contribution in [3.8, 4) is 5.75 Å². The predicted octanol–water partition coefficient (Wildman–Crippen LogP) is 4.62. The van der Waals surface area contributed by atoms with Crippen molar-refractivity contribution >= 4 is 23.0 Å². The van der Waals surface area contributed by atoms with Gasteiger partial charge in [-0.05, 0) is 49.6 Å². The Morgan fingerprint density at radius 3 is 2.48 bits per heavy atom. The molecule has 0 saturated heterocycles. The third-order valence-electron chi connectivity index (χ3n) is 4.14. The Balaban J connectivity index is 2.60. The summed E-state index contributed by atoms with van der Waals surface area (Å²) in [5.41, 5.74) is 0.0153. The quantitative estimate of drug-likeness (QED) is 0.484. The largest absolute Gasteiger partial charge is 0.497 e. The molecule has 1 atom stereocenters. The predicted molar refractivity (Wildman–Crippen MR) is 103 cm³/mol. The number of carbonyl (C=O) groups excluding carboxylic acids is 1. The van der Waals surface area contributed by atoms with E-state index in [-0.39, 0.29) is 5.97 Å². The molecule has 0 fully saturated rings. The molecule has 1 aromatic carbocycles. The van der Waals surface area contributed by atoms with Crippen molar-refractivity contribution in [2.75, 3.05) is 25.2 Å². The molecule has 0 aliphatic rings. The van der Waals surface area contributed by atoms with Crippen LogP contribution >= 0.6 is 11.3 Å². The van der Waals surface area contributed by atoms with Crippen LogP contribution in [0.1, 0.15) is 25.1 Å². The highest BCUT2D eigenvalue weighted by Crippen LogP contribution is 2.40. The molecule has 4 nitrogen and oxygen atoms in total. The number of anilines is 1. The van der Waals surface area contributed by atoms with Gasteiger partial charge < -0.3 is 14.4 Å². The molecule has 2 aromatic rings. The smallest absolute Gasteiger partial charge is 0.337 e. The highest BCUT2D eigenvalue weighted by Gasteiger charge is 2.46. The first-order valence-electron chi connectivity index (χ1n) is 8.37. The van der Waals surface area contributed by atoms with Crippen LogP contribution in [0.4, 0.5) is 5.69 Å². The second-order valence-electron chi connectivity index (χ2n) is 5.49. The number of thiophene rings is 1.